The third-order valence-corrected chi connectivity index (χ3v) is 7.23. The van der Waals surface area contributed by atoms with Crippen molar-refractivity contribution in [3.05, 3.63) is 78.2 Å². The number of hydrogen-bond donors (Lipinski definition) is 1. The topological polar surface area (TPSA) is 82.1 Å². The summed E-state index contributed by atoms with van der Waals surface area (Å²) in [4.78, 5) is 21.7. The van der Waals surface area contributed by atoms with Gasteiger partial charge in [0, 0.05) is 55.5 Å². The van der Waals surface area contributed by atoms with Crippen LogP contribution >= 0.6 is 0 Å². The van der Waals surface area contributed by atoms with Crippen molar-refractivity contribution < 1.29 is 4.79 Å². The zero-order valence-corrected chi connectivity index (χ0v) is 20.3. The fourth-order valence-corrected chi connectivity index (χ4v) is 5.17. The Morgan fingerprint density at radius 1 is 1.14 bits per heavy atom. The van der Waals surface area contributed by atoms with Gasteiger partial charge in [-0.25, -0.2) is 9.78 Å². The highest BCUT2D eigenvalue weighted by atomic mass is 16.2. The molecule has 0 saturated carbocycles. The summed E-state index contributed by atoms with van der Waals surface area (Å²) in [6.45, 7) is 2.16. The van der Waals surface area contributed by atoms with Gasteiger partial charge in [0.2, 0.25) is 0 Å². The third-order valence-electron chi connectivity index (χ3n) is 7.23. The van der Waals surface area contributed by atoms with Crippen LogP contribution in [-0.2, 0) is 6.54 Å². The summed E-state index contributed by atoms with van der Waals surface area (Å²) in [6.07, 6.45) is 6.91. The van der Waals surface area contributed by atoms with Gasteiger partial charge in [0.15, 0.2) is 5.82 Å². The van der Waals surface area contributed by atoms with E-state index < -0.39 is 0 Å². The maximum absolute atomic E-state index is 12.9. The number of benzene rings is 2. The Balaban J connectivity index is 1.31. The van der Waals surface area contributed by atoms with Crippen LogP contribution in [0.25, 0.3) is 28.3 Å². The minimum Gasteiger partial charge on any atom is -0.340 e. The molecule has 6 rings (SSSR count). The Kier molecular flexibility index (Phi) is 5.35. The van der Waals surface area contributed by atoms with Gasteiger partial charge in [-0.15, -0.1) is 0 Å². The van der Waals surface area contributed by atoms with E-state index in [-0.39, 0.29) is 6.03 Å². The van der Waals surface area contributed by atoms with Crippen molar-refractivity contribution in [2.45, 2.75) is 19.0 Å². The smallest absolute Gasteiger partial charge is 0.321 e. The fourth-order valence-electron chi connectivity index (χ4n) is 5.17. The van der Waals surface area contributed by atoms with E-state index in [4.69, 9.17) is 5.26 Å². The van der Waals surface area contributed by atoms with Crippen LogP contribution in [0.2, 0.25) is 0 Å². The minimum absolute atomic E-state index is 0.0546. The molecule has 1 N–H and O–H groups in total. The van der Waals surface area contributed by atoms with E-state index in [2.05, 4.69) is 68.9 Å². The predicted molar refractivity (Wildman–Crippen MR) is 139 cm³/mol. The number of amides is 2. The Morgan fingerprint density at radius 3 is 2.72 bits per heavy atom. The molecule has 2 aliphatic heterocycles. The first kappa shape index (κ1) is 22.1. The molecule has 0 unspecified atom stereocenters. The molecule has 2 amide bonds. The zero-order chi connectivity index (χ0) is 24.8. The first-order chi connectivity index (χ1) is 17.5. The number of hydrogen-bond acceptors (Lipinski definition) is 4. The summed E-state index contributed by atoms with van der Waals surface area (Å²) in [5, 5.41) is 12.2. The number of nitriles is 1. The average molecular weight is 478 g/mol. The molecule has 0 bridgehead atoms. The third kappa shape index (κ3) is 3.84. The van der Waals surface area contributed by atoms with Crippen LogP contribution < -0.4 is 5.32 Å². The summed E-state index contributed by atoms with van der Waals surface area (Å²) < 4.78 is 4.30. The highest BCUT2D eigenvalue weighted by Crippen LogP contribution is 2.35. The number of aromatic nitrogens is 3. The normalized spacial score (nSPS) is 16.2. The van der Waals surface area contributed by atoms with Crippen molar-refractivity contribution in [1.82, 2.24) is 23.9 Å². The second-order valence-electron chi connectivity index (χ2n) is 9.68. The monoisotopic (exact) mass is 477 g/mol. The van der Waals surface area contributed by atoms with Gasteiger partial charge in [0.25, 0.3) is 0 Å². The maximum Gasteiger partial charge on any atom is 0.321 e. The number of nitrogens with zero attached hydrogens (tertiary/aromatic N) is 6. The predicted octanol–water partition coefficient (Wildman–Crippen LogP) is 4.41. The van der Waals surface area contributed by atoms with Gasteiger partial charge < -0.3 is 19.7 Å². The van der Waals surface area contributed by atoms with Gasteiger partial charge >= 0.3 is 6.03 Å². The average Bonchev–Trinajstić information content (AvgIpc) is 3.63. The number of rotatable bonds is 3. The molecule has 8 nitrogen and oxygen atoms in total. The lowest BCUT2D eigenvalue weighted by molar-refractivity contribution is 0.216. The number of carbonyl (C=O) groups excluding carboxylic acids is 1. The van der Waals surface area contributed by atoms with Crippen LogP contribution in [0.15, 0.2) is 67.1 Å². The lowest BCUT2D eigenvalue weighted by atomic mass is 10.1. The summed E-state index contributed by atoms with van der Waals surface area (Å²) >= 11 is 0. The van der Waals surface area contributed by atoms with Crippen molar-refractivity contribution in [2.75, 3.05) is 32.5 Å². The lowest BCUT2D eigenvalue weighted by Crippen LogP contribution is -2.36. The van der Waals surface area contributed by atoms with Gasteiger partial charge in [-0.05, 0) is 68.0 Å². The largest absolute Gasteiger partial charge is 0.340 e. The zero-order valence-electron chi connectivity index (χ0n) is 20.3. The number of imidazole rings is 1. The van der Waals surface area contributed by atoms with Crippen molar-refractivity contribution in [2.24, 2.45) is 0 Å². The minimum atomic E-state index is -0.0546. The van der Waals surface area contributed by atoms with E-state index in [9.17, 15) is 4.79 Å². The molecule has 2 aromatic carbocycles. The quantitative estimate of drug-likeness (QED) is 0.417. The van der Waals surface area contributed by atoms with Crippen LogP contribution in [0.1, 0.15) is 17.5 Å². The van der Waals surface area contributed by atoms with Crippen LogP contribution in [0.4, 0.5) is 10.5 Å². The van der Waals surface area contributed by atoms with E-state index in [0.717, 1.165) is 59.1 Å². The Morgan fingerprint density at radius 2 is 1.97 bits per heavy atom. The Bertz CT molecular complexity index is 1490. The molecule has 2 aromatic heterocycles. The lowest BCUT2D eigenvalue weighted by Gasteiger charge is -2.21. The molecule has 0 spiro atoms. The summed E-state index contributed by atoms with van der Waals surface area (Å²) in [5.41, 5.74) is 6.73. The number of likely N-dealkylation sites (tertiary alicyclic amines) is 1. The van der Waals surface area contributed by atoms with Gasteiger partial charge in [0.05, 0.1) is 23.0 Å². The van der Waals surface area contributed by atoms with Gasteiger partial charge in [-0.1, -0.05) is 12.1 Å². The molecule has 0 aliphatic carbocycles. The van der Waals surface area contributed by atoms with E-state index in [1.807, 2.05) is 47.6 Å². The summed E-state index contributed by atoms with van der Waals surface area (Å²) in [6, 6.07) is 18.4. The van der Waals surface area contributed by atoms with E-state index >= 15 is 0 Å². The van der Waals surface area contributed by atoms with Crippen molar-refractivity contribution >= 4 is 11.7 Å². The molecule has 36 heavy (non-hydrogen) atoms. The molecule has 4 aromatic rings. The molecule has 1 fully saturated rings. The molecule has 1 saturated heterocycles. The number of anilines is 1. The molecule has 8 heteroatoms. The fraction of sp³-hybridized carbons (Fsp3) is 0.250. The van der Waals surface area contributed by atoms with Crippen molar-refractivity contribution in [3.63, 3.8) is 0 Å². The van der Waals surface area contributed by atoms with Gasteiger partial charge in [-0.3, -0.25) is 4.57 Å². The second kappa shape index (κ2) is 8.70. The first-order valence-corrected chi connectivity index (χ1v) is 12.1. The maximum atomic E-state index is 12.9. The Labute approximate surface area is 210 Å². The van der Waals surface area contributed by atoms with Crippen LogP contribution in [-0.4, -0.2) is 63.2 Å². The van der Waals surface area contributed by atoms with Crippen molar-refractivity contribution in [3.8, 4) is 34.4 Å². The van der Waals surface area contributed by atoms with E-state index in [0.29, 0.717) is 18.2 Å². The molecule has 180 valence electrons. The molecule has 0 radical (unpaired) electrons. The highest BCUT2D eigenvalue weighted by Gasteiger charge is 2.28. The second-order valence-corrected chi connectivity index (χ2v) is 9.68. The molecule has 1 atom stereocenters. The van der Waals surface area contributed by atoms with Gasteiger partial charge in [-0.2, -0.15) is 5.26 Å². The number of fused-ring (bicyclic) bond motifs is 5. The molecule has 4 heterocycles. The number of nitrogens with one attached hydrogen (secondary N) is 1. The molecular formula is C28H27N7O. The van der Waals surface area contributed by atoms with Crippen molar-refractivity contribution in [1.29, 1.82) is 5.26 Å². The highest BCUT2D eigenvalue weighted by molar-refractivity contribution is 5.90. The summed E-state index contributed by atoms with van der Waals surface area (Å²) in [5.74, 6) is 0.872. The number of likely N-dealkylation sites (N-methyl/N-ethyl adjacent to an activating group) is 1. The standard InChI is InChI=1S/C28H27N7O/c1-32(2)24-9-11-33(18-24)28(36)31-23-7-8-25-22(13-23)17-34-16-21(20-5-3-19(15-29)4-6-20)14-26(34)27-30-10-12-35(25)27/h3-8,10,12-14,16,24H,9,11,17-18H2,1-2H3,(H,31,36)/t24-/m1/s1. The molecular weight excluding hydrogens is 450 g/mol. The first-order valence-electron chi connectivity index (χ1n) is 12.1. The number of carbonyl (C=O) groups is 1. The number of urea groups is 1. The summed E-state index contributed by atoms with van der Waals surface area (Å²) in [7, 11) is 4.12. The van der Waals surface area contributed by atoms with E-state index in [1.165, 1.54) is 0 Å². The molecule has 2 aliphatic rings. The van der Waals surface area contributed by atoms with Crippen LogP contribution in [0.3, 0.4) is 0 Å². The van der Waals surface area contributed by atoms with Gasteiger partial charge in [0.1, 0.15) is 0 Å². The van der Waals surface area contributed by atoms with E-state index in [1.54, 1.807) is 0 Å². The SMILES string of the molecule is CN(C)[C@@H]1CCN(C(=O)Nc2ccc3c(c2)Cn2cc(-c4ccc(C#N)cc4)cc2-c2nccn2-3)C1. The van der Waals surface area contributed by atoms with Crippen LogP contribution in [0.5, 0.6) is 0 Å². The Hall–Kier alpha value is -4.35. The van der Waals surface area contributed by atoms with Crippen LogP contribution in [0, 0.1) is 11.3 Å².